The molecule has 0 fully saturated rings. The molecule has 0 saturated carbocycles. The Morgan fingerprint density at radius 2 is 1.50 bits per heavy atom. The molecule has 0 saturated heterocycles. The molecule has 0 amide bonds. The van der Waals surface area contributed by atoms with Gasteiger partial charge in [0.2, 0.25) is 0 Å². The van der Waals surface area contributed by atoms with Gasteiger partial charge in [0.05, 0.1) is 0 Å². The fourth-order valence-corrected chi connectivity index (χ4v) is 1.65. The van der Waals surface area contributed by atoms with Crippen LogP contribution >= 0.6 is 0 Å². The molecule has 0 aliphatic heterocycles. The van der Waals surface area contributed by atoms with Crippen LogP contribution in [-0.2, 0) is 0 Å². The Hall–Kier alpha value is -0.590. The lowest BCUT2D eigenvalue weighted by molar-refractivity contribution is -0.557. The molecule has 1 nitrogen and oxygen atoms in total. The van der Waals surface area contributed by atoms with E-state index in [-0.39, 0.29) is 11.0 Å². The van der Waals surface area contributed by atoms with Gasteiger partial charge in [-0.15, -0.1) is 0 Å². The van der Waals surface area contributed by atoms with Gasteiger partial charge < -0.3 is 0 Å². The highest BCUT2D eigenvalue weighted by molar-refractivity contribution is 5.22. The van der Waals surface area contributed by atoms with E-state index >= 15 is 0 Å². The molecule has 1 heteroatoms. The summed E-state index contributed by atoms with van der Waals surface area (Å²) in [5.74, 6) is 0. The predicted octanol–water partition coefficient (Wildman–Crippen LogP) is 3.49. The molecule has 0 radical (unpaired) electrons. The largest absolute Gasteiger partial charge is 0.236 e. The molecule has 0 atom stereocenters. The van der Waals surface area contributed by atoms with Crippen LogP contribution in [0.4, 0.5) is 0 Å². The molecule has 0 rings (SSSR count). The van der Waals surface area contributed by atoms with Gasteiger partial charge in [0, 0.05) is 13.8 Å². The summed E-state index contributed by atoms with van der Waals surface area (Å²) in [4.78, 5) is 0. The first kappa shape index (κ1) is 13.4. The van der Waals surface area contributed by atoms with Gasteiger partial charge in [-0.1, -0.05) is 27.4 Å². The van der Waals surface area contributed by atoms with E-state index in [0.29, 0.717) is 0 Å². The van der Waals surface area contributed by atoms with Gasteiger partial charge in [0.1, 0.15) is 13.8 Å². The lowest BCUT2D eigenvalue weighted by atomic mass is 9.70. The summed E-state index contributed by atoms with van der Waals surface area (Å²) in [5.41, 5.74) is 1.49. The normalized spacial score (nSPS) is 12.7. The van der Waals surface area contributed by atoms with Crippen LogP contribution in [0.2, 0.25) is 0 Å². The van der Waals surface area contributed by atoms with E-state index in [1.54, 1.807) is 0 Å². The van der Waals surface area contributed by atoms with E-state index < -0.39 is 0 Å². The Labute approximate surface area is 89.5 Å². The number of nitrogens with zero attached hydrogens (tertiary/aromatic N) is 1. The van der Waals surface area contributed by atoms with Gasteiger partial charge in [-0.05, 0) is 23.8 Å². The lowest BCUT2D eigenvalue weighted by Gasteiger charge is -2.36. The number of hydrogen-bond acceptors (Lipinski definition) is 0. The molecule has 0 spiro atoms. The molecule has 0 bridgehead atoms. The Morgan fingerprint density at radius 1 is 1.14 bits per heavy atom. The lowest BCUT2D eigenvalue weighted by Crippen LogP contribution is -2.40. The van der Waals surface area contributed by atoms with Crippen LogP contribution in [0.15, 0.2) is 12.2 Å². The van der Waals surface area contributed by atoms with Crippen molar-refractivity contribution < 1.29 is 4.58 Å². The van der Waals surface area contributed by atoms with Crippen molar-refractivity contribution >= 4 is 6.72 Å². The molecule has 0 N–H and O–H groups in total. The van der Waals surface area contributed by atoms with Crippen molar-refractivity contribution in [3.05, 3.63) is 12.2 Å². The molecule has 0 aromatic heterocycles. The van der Waals surface area contributed by atoms with Crippen LogP contribution in [0.25, 0.3) is 0 Å². The van der Waals surface area contributed by atoms with E-state index in [1.807, 2.05) is 11.6 Å². The van der Waals surface area contributed by atoms with Crippen molar-refractivity contribution in [2.24, 2.45) is 5.41 Å². The quantitative estimate of drug-likeness (QED) is 0.360. The first-order valence-electron chi connectivity index (χ1n) is 5.46. The molecule has 0 unspecified atom stereocenters. The van der Waals surface area contributed by atoms with Crippen LogP contribution in [0.1, 0.15) is 47.5 Å². The summed E-state index contributed by atoms with van der Waals surface area (Å²) in [5, 5.41) is 0. The zero-order chi connectivity index (χ0) is 11.6. The minimum atomic E-state index is -0.0270. The second-order valence-electron chi connectivity index (χ2n) is 5.00. The van der Waals surface area contributed by atoms with Crippen LogP contribution in [0.3, 0.4) is 0 Å². The van der Waals surface area contributed by atoms with Gasteiger partial charge >= 0.3 is 0 Å². The highest BCUT2D eigenvalue weighted by Gasteiger charge is 2.39. The highest BCUT2D eigenvalue weighted by Crippen LogP contribution is 2.40. The van der Waals surface area contributed by atoms with Gasteiger partial charge in [-0.25, -0.2) is 4.58 Å². The van der Waals surface area contributed by atoms with E-state index in [1.165, 1.54) is 5.57 Å². The second-order valence-corrected chi connectivity index (χ2v) is 5.00. The summed E-state index contributed by atoms with van der Waals surface area (Å²) in [6, 6.07) is 0. The molecule has 0 aromatic rings. The van der Waals surface area contributed by atoms with Crippen molar-refractivity contribution in [3.63, 3.8) is 0 Å². The third-order valence-electron chi connectivity index (χ3n) is 3.98. The highest BCUT2D eigenvalue weighted by atomic mass is 15.0. The summed E-state index contributed by atoms with van der Waals surface area (Å²) in [7, 11) is 2.01. The minimum Gasteiger partial charge on any atom is -0.236 e. The topological polar surface area (TPSA) is 3.01 Å². The van der Waals surface area contributed by atoms with Gasteiger partial charge in [0.15, 0.2) is 5.54 Å². The number of likely N-dealkylation sites (N-methyl/N-ethyl adjacent to an activating group) is 1. The molecule has 0 aliphatic carbocycles. The van der Waals surface area contributed by atoms with E-state index in [2.05, 4.69) is 47.9 Å². The minimum absolute atomic E-state index is 0.0270. The zero-order valence-corrected chi connectivity index (χ0v) is 10.8. The maximum Gasteiger partial charge on any atom is 0.177 e. The third kappa shape index (κ3) is 2.26. The van der Waals surface area contributed by atoms with Crippen molar-refractivity contribution in [3.8, 4) is 0 Å². The van der Waals surface area contributed by atoms with Crippen molar-refractivity contribution in [2.75, 3.05) is 7.05 Å². The Kier molecular flexibility index (Phi) is 4.11. The maximum atomic E-state index is 4.28. The molecule has 0 aliphatic rings. The second kappa shape index (κ2) is 4.29. The zero-order valence-electron chi connectivity index (χ0n) is 10.8. The number of rotatable bonds is 5. The van der Waals surface area contributed by atoms with Crippen molar-refractivity contribution in [2.45, 2.75) is 53.0 Å². The van der Waals surface area contributed by atoms with E-state index in [4.69, 9.17) is 0 Å². The van der Waals surface area contributed by atoms with Crippen LogP contribution in [0, 0.1) is 5.41 Å². The Bertz CT molecular complexity index is 232. The smallest absolute Gasteiger partial charge is 0.177 e. The number of hydrogen-bond donors (Lipinski definition) is 0. The predicted molar refractivity (Wildman–Crippen MR) is 65.2 cm³/mol. The standard InChI is InChI=1S/C13H26N/c1-9-13(6,10-2)11(3)12(4,5)14(7)8/h3,7,9-10H2,1-2,4-6,8H3/q+1. The fraction of sp³-hybridized carbons (Fsp3) is 0.769. The van der Waals surface area contributed by atoms with Crippen molar-refractivity contribution in [1.29, 1.82) is 0 Å². The van der Waals surface area contributed by atoms with E-state index in [0.717, 1.165) is 12.8 Å². The molecule has 0 aromatic carbocycles. The third-order valence-corrected chi connectivity index (χ3v) is 3.98. The average molecular weight is 196 g/mol. The summed E-state index contributed by atoms with van der Waals surface area (Å²) in [6.07, 6.45) is 2.28. The van der Waals surface area contributed by atoms with Gasteiger partial charge in [-0.2, -0.15) is 0 Å². The van der Waals surface area contributed by atoms with Crippen LogP contribution < -0.4 is 0 Å². The molecule has 14 heavy (non-hydrogen) atoms. The van der Waals surface area contributed by atoms with Crippen LogP contribution in [0.5, 0.6) is 0 Å². The van der Waals surface area contributed by atoms with Gasteiger partial charge in [-0.3, -0.25) is 0 Å². The molecular formula is C13H26N+. The summed E-state index contributed by atoms with van der Waals surface area (Å²) in [6.45, 7) is 19.4. The molecular weight excluding hydrogens is 170 g/mol. The summed E-state index contributed by atoms with van der Waals surface area (Å²) >= 11 is 0. The monoisotopic (exact) mass is 196 g/mol. The Balaban J connectivity index is 5.03. The van der Waals surface area contributed by atoms with Gasteiger partial charge in [0.25, 0.3) is 0 Å². The first-order valence-corrected chi connectivity index (χ1v) is 5.46. The van der Waals surface area contributed by atoms with Crippen molar-refractivity contribution in [1.82, 2.24) is 0 Å². The molecule has 82 valence electrons. The SMILES string of the molecule is C=C(C(C)(CC)CC)C(C)(C)[N+](=C)C. The van der Waals surface area contributed by atoms with Crippen LogP contribution in [-0.4, -0.2) is 23.9 Å². The maximum absolute atomic E-state index is 4.28. The Morgan fingerprint density at radius 3 is 1.71 bits per heavy atom. The first-order chi connectivity index (χ1) is 6.22. The molecule has 0 heterocycles. The summed E-state index contributed by atoms with van der Waals surface area (Å²) < 4.78 is 2.00. The fourth-order valence-electron chi connectivity index (χ4n) is 1.65. The average Bonchev–Trinajstić information content (AvgIpc) is 2.15. The van der Waals surface area contributed by atoms with E-state index in [9.17, 15) is 0 Å².